The Bertz CT molecular complexity index is 1280. The molecule has 2 aromatic carbocycles. The molecule has 0 aliphatic heterocycles. The van der Waals surface area contributed by atoms with Gasteiger partial charge in [-0.25, -0.2) is 4.39 Å². The van der Waals surface area contributed by atoms with Crippen molar-refractivity contribution in [3.8, 4) is 11.5 Å². The van der Waals surface area contributed by atoms with Gasteiger partial charge in [0.1, 0.15) is 10.8 Å². The van der Waals surface area contributed by atoms with E-state index in [-0.39, 0.29) is 17.5 Å². The van der Waals surface area contributed by atoms with Crippen molar-refractivity contribution < 1.29 is 18.7 Å². The monoisotopic (exact) mass is 468 g/mol. The number of nitrogens with one attached hydrogen (secondary N) is 2. The number of halogens is 1. The van der Waals surface area contributed by atoms with E-state index >= 15 is 0 Å². The molecule has 0 atom stereocenters. The molecular weight excluding hydrogens is 443 g/mol. The van der Waals surface area contributed by atoms with E-state index in [9.17, 15) is 9.18 Å². The van der Waals surface area contributed by atoms with Gasteiger partial charge in [0.15, 0.2) is 11.5 Å². The molecule has 172 valence electrons. The van der Waals surface area contributed by atoms with Crippen molar-refractivity contribution in [1.29, 1.82) is 0 Å². The van der Waals surface area contributed by atoms with E-state index < -0.39 is 0 Å². The fourth-order valence-electron chi connectivity index (χ4n) is 3.56. The summed E-state index contributed by atoms with van der Waals surface area (Å²) in [5.41, 5.74) is 2.60. The van der Waals surface area contributed by atoms with E-state index in [4.69, 9.17) is 9.47 Å². The molecular formula is C24H25FN4O3S. The summed E-state index contributed by atoms with van der Waals surface area (Å²) < 4.78 is 24.9. The second-order valence-corrected chi connectivity index (χ2v) is 8.25. The van der Waals surface area contributed by atoms with Gasteiger partial charge in [-0.1, -0.05) is 17.8 Å². The first-order valence-corrected chi connectivity index (χ1v) is 11.8. The van der Waals surface area contributed by atoms with Crippen LogP contribution < -0.4 is 14.8 Å². The van der Waals surface area contributed by atoms with Crippen molar-refractivity contribution in [3.05, 3.63) is 54.0 Å². The Balaban J connectivity index is 1.34. The maximum Gasteiger partial charge on any atom is 0.230 e. The van der Waals surface area contributed by atoms with Crippen LogP contribution in [0.5, 0.6) is 11.5 Å². The van der Waals surface area contributed by atoms with Crippen LogP contribution in [0, 0.1) is 5.82 Å². The summed E-state index contributed by atoms with van der Waals surface area (Å²) in [6.07, 6.45) is 2.27. The number of fused-ring (bicyclic) bond motifs is 3. The van der Waals surface area contributed by atoms with Gasteiger partial charge in [-0.05, 0) is 56.2 Å². The zero-order valence-electron chi connectivity index (χ0n) is 18.5. The van der Waals surface area contributed by atoms with Gasteiger partial charge in [-0.15, -0.1) is 5.10 Å². The molecule has 0 bridgehead atoms. The molecule has 0 saturated heterocycles. The van der Waals surface area contributed by atoms with E-state index in [0.29, 0.717) is 37.0 Å². The van der Waals surface area contributed by atoms with Crippen molar-refractivity contribution in [3.63, 3.8) is 0 Å². The SMILES string of the molecule is CCOc1ccc(CCNC(=O)CSc2nncc3c2[nH]c2ccc(F)cc23)cc1OCC. The van der Waals surface area contributed by atoms with Crippen LogP contribution in [0.3, 0.4) is 0 Å². The summed E-state index contributed by atoms with van der Waals surface area (Å²) in [5, 5.41) is 13.2. The number of aromatic nitrogens is 3. The Hall–Kier alpha value is -3.33. The maximum absolute atomic E-state index is 13.6. The number of carbonyl (C=O) groups is 1. The average Bonchev–Trinajstić information content (AvgIpc) is 3.18. The number of hydrogen-bond acceptors (Lipinski definition) is 6. The van der Waals surface area contributed by atoms with Gasteiger partial charge in [-0.3, -0.25) is 4.79 Å². The number of ether oxygens (including phenoxy) is 2. The number of hydrogen-bond donors (Lipinski definition) is 2. The minimum atomic E-state index is -0.310. The number of nitrogens with zero attached hydrogens (tertiary/aromatic N) is 2. The van der Waals surface area contributed by atoms with Gasteiger partial charge < -0.3 is 19.8 Å². The van der Waals surface area contributed by atoms with Crippen LogP contribution in [0.15, 0.2) is 47.6 Å². The zero-order valence-corrected chi connectivity index (χ0v) is 19.3. The van der Waals surface area contributed by atoms with Crippen LogP contribution in [0.4, 0.5) is 4.39 Å². The van der Waals surface area contributed by atoms with Gasteiger partial charge >= 0.3 is 0 Å². The fraction of sp³-hybridized carbons (Fsp3) is 0.292. The Morgan fingerprint density at radius 2 is 1.91 bits per heavy atom. The Morgan fingerprint density at radius 1 is 1.09 bits per heavy atom. The van der Waals surface area contributed by atoms with E-state index in [2.05, 4.69) is 20.5 Å². The minimum absolute atomic E-state index is 0.100. The third kappa shape index (κ3) is 5.36. The highest BCUT2D eigenvalue weighted by molar-refractivity contribution is 8.00. The second kappa shape index (κ2) is 10.5. The molecule has 4 rings (SSSR count). The van der Waals surface area contributed by atoms with Crippen LogP contribution in [-0.2, 0) is 11.2 Å². The quantitative estimate of drug-likeness (QED) is 0.333. The molecule has 2 aromatic heterocycles. The highest BCUT2D eigenvalue weighted by Crippen LogP contribution is 2.31. The molecule has 33 heavy (non-hydrogen) atoms. The molecule has 0 spiro atoms. The van der Waals surface area contributed by atoms with Crippen LogP contribution in [0.1, 0.15) is 19.4 Å². The van der Waals surface area contributed by atoms with Gasteiger partial charge in [0.2, 0.25) is 5.91 Å². The lowest BCUT2D eigenvalue weighted by Crippen LogP contribution is -2.27. The molecule has 0 radical (unpaired) electrons. The number of benzene rings is 2. The van der Waals surface area contributed by atoms with Crippen LogP contribution in [0.25, 0.3) is 21.8 Å². The maximum atomic E-state index is 13.6. The number of thioether (sulfide) groups is 1. The van der Waals surface area contributed by atoms with Crippen LogP contribution >= 0.6 is 11.8 Å². The zero-order chi connectivity index (χ0) is 23.2. The first kappa shape index (κ1) is 22.8. The van der Waals surface area contributed by atoms with Crippen molar-refractivity contribution >= 4 is 39.5 Å². The van der Waals surface area contributed by atoms with Crippen molar-refractivity contribution in [1.82, 2.24) is 20.5 Å². The lowest BCUT2D eigenvalue weighted by molar-refractivity contribution is -0.118. The molecule has 0 saturated carbocycles. The fourth-order valence-corrected chi connectivity index (χ4v) is 4.34. The Kier molecular flexibility index (Phi) is 7.29. The largest absolute Gasteiger partial charge is 0.490 e. The first-order valence-electron chi connectivity index (χ1n) is 10.8. The summed E-state index contributed by atoms with van der Waals surface area (Å²) in [7, 11) is 0. The van der Waals surface area contributed by atoms with Gasteiger partial charge in [0.05, 0.1) is 30.7 Å². The number of carbonyl (C=O) groups excluding carboxylic acids is 1. The van der Waals surface area contributed by atoms with E-state index in [1.54, 1.807) is 12.3 Å². The molecule has 9 heteroatoms. The number of amides is 1. The third-order valence-electron chi connectivity index (χ3n) is 5.03. The lowest BCUT2D eigenvalue weighted by atomic mass is 10.1. The first-order chi connectivity index (χ1) is 16.1. The summed E-state index contributed by atoms with van der Waals surface area (Å²) in [6, 6.07) is 10.4. The molecule has 0 aliphatic carbocycles. The molecule has 1 amide bonds. The predicted octanol–water partition coefficient (Wildman–Crippen LogP) is 4.50. The van der Waals surface area contributed by atoms with Gasteiger partial charge in [0, 0.05) is 22.8 Å². The Labute approximate surface area is 195 Å². The highest BCUT2D eigenvalue weighted by atomic mass is 32.2. The van der Waals surface area contributed by atoms with Crippen molar-refractivity contribution in [2.45, 2.75) is 25.3 Å². The molecule has 0 fully saturated rings. The molecule has 7 nitrogen and oxygen atoms in total. The summed E-state index contributed by atoms with van der Waals surface area (Å²) >= 11 is 1.29. The topological polar surface area (TPSA) is 89.1 Å². The third-order valence-corrected chi connectivity index (χ3v) is 6.00. The molecule has 0 aliphatic rings. The molecule has 2 N–H and O–H groups in total. The standard InChI is InChI=1S/C24H25FN4O3S/c1-3-31-20-8-5-15(11-21(20)32-4-2)9-10-26-22(30)14-33-24-23-18(13-27-29-24)17-12-16(25)6-7-19(17)28-23/h5-8,11-13,28H,3-4,9-10,14H2,1-2H3,(H,26,30). The van der Waals surface area contributed by atoms with Gasteiger partial charge in [0.25, 0.3) is 0 Å². The van der Waals surface area contributed by atoms with Crippen LogP contribution in [-0.4, -0.2) is 46.6 Å². The molecule has 4 aromatic rings. The number of aromatic amines is 1. The number of H-pyrrole nitrogens is 1. The smallest absolute Gasteiger partial charge is 0.230 e. The average molecular weight is 469 g/mol. The summed E-state index contributed by atoms with van der Waals surface area (Å²) in [4.78, 5) is 15.6. The lowest BCUT2D eigenvalue weighted by Gasteiger charge is -2.12. The normalized spacial score (nSPS) is 11.1. The highest BCUT2D eigenvalue weighted by Gasteiger charge is 2.13. The summed E-state index contributed by atoms with van der Waals surface area (Å²) in [5.74, 6) is 1.22. The van der Waals surface area contributed by atoms with Crippen LogP contribution in [0.2, 0.25) is 0 Å². The minimum Gasteiger partial charge on any atom is -0.490 e. The molecule has 2 heterocycles. The van der Waals surface area contributed by atoms with E-state index in [1.807, 2.05) is 32.0 Å². The van der Waals surface area contributed by atoms with Crippen molar-refractivity contribution in [2.75, 3.05) is 25.5 Å². The second-order valence-electron chi connectivity index (χ2n) is 7.29. The van der Waals surface area contributed by atoms with Gasteiger partial charge in [-0.2, -0.15) is 5.10 Å². The summed E-state index contributed by atoms with van der Waals surface area (Å²) in [6.45, 7) is 5.49. The predicted molar refractivity (Wildman–Crippen MR) is 128 cm³/mol. The van der Waals surface area contributed by atoms with E-state index in [0.717, 1.165) is 33.1 Å². The molecule has 0 unspecified atom stereocenters. The van der Waals surface area contributed by atoms with E-state index in [1.165, 1.54) is 23.9 Å². The number of rotatable bonds is 10. The van der Waals surface area contributed by atoms with Crippen molar-refractivity contribution in [2.24, 2.45) is 0 Å². The Morgan fingerprint density at radius 3 is 2.73 bits per heavy atom.